The van der Waals surface area contributed by atoms with Crippen LogP contribution in [0.25, 0.3) is 0 Å². The average molecular weight is 257 g/mol. The quantitative estimate of drug-likeness (QED) is 0.613. The van der Waals surface area contributed by atoms with Crippen LogP contribution in [0.2, 0.25) is 0 Å². The molecule has 0 aliphatic heterocycles. The van der Waals surface area contributed by atoms with Crippen molar-refractivity contribution in [2.75, 3.05) is 24.6 Å². The van der Waals surface area contributed by atoms with Crippen molar-refractivity contribution in [2.24, 2.45) is 0 Å². The molecule has 0 saturated carbocycles. The molecule has 0 bridgehead atoms. The Morgan fingerprint density at radius 1 is 1.35 bits per heavy atom. The fraction of sp³-hybridized carbons (Fsp3) is 0.300. The van der Waals surface area contributed by atoms with E-state index in [4.69, 9.17) is 5.73 Å². The van der Waals surface area contributed by atoms with E-state index in [9.17, 15) is 13.2 Å². The molecule has 0 atom stereocenters. The standard InChI is InChI=1S/C10H15N3O3S/c1-7(14)8-4-5-9(11)10(6-8)12-17(15,16)13(2)3/h4-6,12H,11H2,1-3H3. The molecule has 0 fully saturated rings. The Balaban J connectivity index is 3.15. The third kappa shape index (κ3) is 3.18. The van der Waals surface area contributed by atoms with Crippen molar-refractivity contribution in [3.05, 3.63) is 23.8 Å². The van der Waals surface area contributed by atoms with Crippen molar-refractivity contribution in [2.45, 2.75) is 6.92 Å². The van der Waals surface area contributed by atoms with Crippen molar-refractivity contribution < 1.29 is 13.2 Å². The highest BCUT2D eigenvalue weighted by Gasteiger charge is 2.15. The molecular formula is C10H15N3O3S. The minimum absolute atomic E-state index is 0.157. The summed E-state index contributed by atoms with van der Waals surface area (Å²) in [5.41, 5.74) is 6.50. The summed E-state index contributed by atoms with van der Waals surface area (Å²) in [6.45, 7) is 1.40. The zero-order chi connectivity index (χ0) is 13.2. The van der Waals surface area contributed by atoms with E-state index >= 15 is 0 Å². The summed E-state index contributed by atoms with van der Waals surface area (Å²) in [4.78, 5) is 11.2. The molecule has 0 unspecified atom stereocenters. The van der Waals surface area contributed by atoms with E-state index in [0.717, 1.165) is 4.31 Å². The van der Waals surface area contributed by atoms with Crippen LogP contribution in [0.4, 0.5) is 11.4 Å². The number of benzene rings is 1. The second-order valence-electron chi connectivity index (χ2n) is 3.75. The van der Waals surface area contributed by atoms with Crippen LogP contribution in [0.3, 0.4) is 0 Å². The molecule has 94 valence electrons. The fourth-order valence-electron chi connectivity index (χ4n) is 1.09. The van der Waals surface area contributed by atoms with Crippen LogP contribution in [0, 0.1) is 0 Å². The van der Waals surface area contributed by atoms with E-state index in [1.807, 2.05) is 0 Å². The summed E-state index contributed by atoms with van der Waals surface area (Å²) in [5, 5.41) is 0. The smallest absolute Gasteiger partial charge is 0.301 e. The van der Waals surface area contributed by atoms with Gasteiger partial charge in [-0.25, -0.2) is 0 Å². The van der Waals surface area contributed by atoms with E-state index in [-0.39, 0.29) is 17.2 Å². The molecule has 17 heavy (non-hydrogen) atoms. The number of anilines is 2. The number of nitrogens with one attached hydrogen (secondary N) is 1. The van der Waals surface area contributed by atoms with Gasteiger partial charge in [-0.05, 0) is 25.1 Å². The number of hydrogen-bond acceptors (Lipinski definition) is 4. The third-order valence-electron chi connectivity index (χ3n) is 2.18. The molecule has 6 nitrogen and oxygen atoms in total. The summed E-state index contributed by atoms with van der Waals surface area (Å²) >= 11 is 0. The zero-order valence-electron chi connectivity index (χ0n) is 9.89. The first-order valence-electron chi connectivity index (χ1n) is 4.85. The summed E-state index contributed by atoms with van der Waals surface area (Å²) in [7, 11) is -0.832. The highest BCUT2D eigenvalue weighted by atomic mass is 32.2. The third-order valence-corrected chi connectivity index (χ3v) is 3.62. The zero-order valence-corrected chi connectivity index (χ0v) is 10.7. The number of ketones is 1. The van der Waals surface area contributed by atoms with E-state index in [1.54, 1.807) is 6.07 Å². The number of carbonyl (C=O) groups excluding carboxylic acids is 1. The Kier molecular flexibility index (Phi) is 3.74. The van der Waals surface area contributed by atoms with Gasteiger partial charge < -0.3 is 5.73 Å². The lowest BCUT2D eigenvalue weighted by molar-refractivity contribution is 0.101. The van der Waals surface area contributed by atoms with Crippen LogP contribution < -0.4 is 10.5 Å². The predicted molar refractivity (Wildman–Crippen MR) is 67.1 cm³/mol. The highest BCUT2D eigenvalue weighted by molar-refractivity contribution is 7.90. The molecule has 7 heteroatoms. The summed E-state index contributed by atoms with van der Waals surface area (Å²) in [6.07, 6.45) is 0. The molecule has 1 aromatic carbocycles. The first-order valence-corrected chi connectivity index (χ1v) is 6.29. The van der Waals surface area contributed by atoms with E-state index in [2.05, 4.69) is 4.72 Å². The lowest BCUT2D eigenvalue weighted by atomic mass is 10.1. The number of nitrogen functional groups attached to an aromatic ring is 1. The second-order valence-corrected chi connectivity index (χ2v) is 5.63. The van der Waals surface area contributed by atoms with E-state index in [1.165, 1.54) is 33.2 Å². The van der Waals surface area contributed by atoms with E-state index < -0.39 is 10.2 Å². The van der Waals surface area contributed by atoms with Crippen LogP contribution in [0.1, 0.15) is 17.3 Å². The minimum atomic E-state index is -3.62. The number of hydrogen-bond donors (Lipinski definition) is 2. The topological polar surface area (TPSA) is 92.5 Å². The van der Waals surface area contributed by atoms with Crippen molar-refractivity contribution in [1.29, 1.82) is 0 Å². The lowest BCUT2D eigenvalue weighted by Crippen LogP contribution is -2.29. The molecule has 0 radical (unpaired) electrons. The van der Waals surface area contributed by atoms with Crippen LogP contribution in [-0.4, -0.2) is 32.6 Å². The molecule has 0 aliphatic carbocycles. The first kappa shape index (κ1) is 13.5. The van der Waals surface area contributed by atoms with Gasteiger partial charge in [0.15, 0.2) is 5.78 Å². The van der Waals surface area contributed by atoms with Gasteiger partial charge in [0, 0.05) is 19.7 Å². The van der Waals surface area contributed by atoms with Gasteiger partial charge in [-0.1, -0.05) is 0 Å². The summed E-state index contributed by atoms with van der Waals surface area (Å²) < 4.78 is 26.5. The molecule has 0 aliphatic rings. The lowest BCUT2D eigenvalue weighted by Gasteiger charge is -2.15. The SMILES string of the molecule is CC(=O)c1ccc(N)c(NS(=O)(=O)N(C)C)c1. The highest BCUT2D eigenvalue weighted by Crippen LogP contribution is 2.21. The Hall–Kier alpha value is -1.60. The van der Waals surface area contributed by atoms with Gasteiger partial charge in [-0.15, -0.1) is 0 Å². The summed E-state index contributed by atoms with van der Waals surface area (Å²) in [5.74, 6) is -0.157. The van der Waals surface area contributed by atoms with Crippen LogP contribution in [0.15, 0.2) is 18.2 Å². The van der Waals surface area contributed by atoms with Gasteiger partial charge >= 0.3 is 10.2 Å². The van der Waals surface area contributed by atoms with Gasteiger partial charge in [0.05, 0.1) is 11.4 Å². The molecule has 1 rings (SSSR count). The molecule has 0 spiro atoms. The molecule has 1 aromatic rings. The van der Waals surface area contributed by atoms with Gasteiger partial charge in [0.1, 0.15) is 0 Å². The van der Waals surface area contributed by atoms with Crippen molar-refractivity contribution in [1.82, 2.24) is 4.31 Å². The Morgan fingerprint density at radius 3 is 2.41 bits per heavy atom. The van der Waals surface area contributed by atoms with Gasteiger partial charge in [-0.2, -0.15) is 12.7 Å². The van der Waals surface area contributed by atoms with Crippen LogP contribution >= 0.6 is 0 Å². The van der Waals surface area contributed by atoms with Gasteiger partial charge in [0.2, 0.25) is 0 Å². The molecule has 3 N–H and O–H groups in total. The largest absolute Gasteiger partial charge is 0.397 e. The Morgan fingerprint density at radius 2 is 1.94 bits per heavy atom. The number of nitrogens with two attached hydrogens (primary N) is 1. The Bertz CT molecular complexity index is 538. The van der Waals surface area contributed by atoms with Crippen molar-refractivity contribution >= 4 is 27.4 Å². The maximum absolute atomic E-state index is 11.6. The fourth-order valence-corrected chi connectivity index (χ4v) is 1.73. The average Bonchev–Trinajstić information content (AvgIpc) is 2.20. The Labute approximate surface area is 101 Å². The molecule has 0 saturated heterocycles. The number of nitrogens with zero attached hydrogens (tertiary/aromatic N) is 1. The van der Waals surface area contributed by atoms with Crippen LogP contribution in [0.5, 0.6) is 0 Å². The van der Waals surface area contributed by atoms with E-state index in [0.29, 0.717) is 5.56 Å². The summed E-state index contributed by atoms with van der Waals surface area (Å²) in [6, 6.07) is 4.45. The van der Waals surface area contributed by atoms with Gasteiger partial charge in [-0.3, -0.25) is 9.52 Å². The molecule has 0 heterocycles. The normalized spacial score (nSPS) is 11.5. The number of rotatable bonds is 4. The number of Topliss-reactive ketones (excluding diaryl/α,β-unsaturated/α-hetero) is 1. The van der Waals surface area contributed by atoms with Gasteiger partial charge in [0.25, 0.3) is 0 Å². The van der Waals surface area contributed by atoms with Crippen LogP contribution in [-0.2, 0) is 10.2 Å². The maximum atomic E-state index is 11.6. The minimum Gasteiger partial charge on any atom is -0.397 e. The molecule has 0 amide bonds. The molecule has 0 aromatic heterocycles. The second kappa shape index (κ2) is 4.72. The number of carbonyl (C=O) groups is 1. The predicted octanol–water partition coefficient (Wildman–Crippen LogP) is 0.690. The van der Waals surface area contributed by atoms with Crippen molar-refractivity contribution in [3.63, 3.8) is 0 Å². The monoisotopic (exact) mass is 257 g/mol. The first-order chi connectivity index (χ1) is 7.74. The van der Waals surface area contributed by atoms with Crippen molar-refractivity contribution in [3.8, 4) is 0 Å². The maximum Gasteiger partial charge on any atom is 0.301 e. The molecular weight excluding hydrogens is 242 g/mol.